The SMILES string of the molecule is C=CCNS(=O)(=O)c1c(Cl)cc(Br)cc1Cl. The molecule has 0 aliphatic heterocycles. The number of rotatable bonds is 4. The van der Waals surface area contributed by atoms with Crippen LogP contribution in [0.1, 0.15) is 0 Å². The smallest absolute Gasteiger partial charge is 0.207 e. The van der Waals surface area contributed by atoms with E-state index in [4.69, 9.17) is 23.2 Å². The van der Waals surface area contributed by atoms with Crippen molar-refractivity contribution >= 4 is 49.2 Å². The molecule has 0 aliphatic carbocycles. The minimum absolute atomic E-state index is 0.0657. The molecule has 0 amide bonds. The maximum atomic E-state index is 11.8. The van der Waals surface area contributed by atoms with Crippen molar-refractivity contribution in [1.29, 1.82) is 0 Å². The van der Waals surface area contributed by atoms with Crippen molar-refractivity contribution < 1.29 is 8.42 Å². The Hall–Kier alpha value is -0.0700. The molecule has 1 aromatic rings. The summed E-state index contributed by atoms with van der Waals surface area (Å²) in [7, 11) is -3.71. The van der Waals surface area contributed by atoms with E-state index in [0.29, 0.717) is 4.47 Å². The monoisotopic (exact) mass is 343 g/mol. The standard InChI is InChI=1S/C9H8BrCl2NO2S/c1-2-3-13-16(14,15)9-7(11)4-6(10)5-8(9)12/h2,4-5,13H,1,3H2. The fraction of sp³-hybridized carbons (Fsp3) is 0.111. The third-order valence-corrected chi connectivity index (χ3v) is 4.45. The van der Waals surface area contributed by atoms with Crippen molar-refractivity contribution in [2.75, 3.05) is 6.54 Å². The lowest BCUT2D eigenvalue weighted by Crippen LogP contribution is -2.24. The lowest BCUT2D eigenvalue weighted by atomic mass is 10.4. The van der Waals surface area contributed by atoms with E-state index in [1.165, 1.54) is 18.2 Å². The second-order valence-corrected chi connectivity index (χ2v) is 6.27. The first-order valence-corrected chi connectivity index (χ1v) is 7.17. The summed E-state index contributed by atoms with van der Waals surface area (Å²) in [5.74, 6) is 0. The fourth-order valence-electron chi connectivity index (χ4n) is 1.03. The second kappa shape index (κ2) is 5.51. The van der Waals surface area contributed by atoms with Crippen LogP contribution < -0.4 is 4.72 Å². The van der Waals surface area contributed by atoms with Crippen LogP contribution in [0.15, 0.2) is 34.2 Å². The molecule has 0 spiro atoms. The Labute approximate surface area is 113 Å². The summed E-state index contributed by atoms with van der Waals surface area (Å²) in [6.07, 6.45) is 1.43. The Bertz CT molecular complexity index is 493. The van der Waals surface area contributed by atoms with Crippen molar-refractivity contribution in [3.05, 3.63) is 39.3 Å². The number of benzene rings is 1. The van der Waals surface area contributed by atoms with Crippen molar-refractivity contribution in [3.63, 3.8) is 0 Å². The number of sulfonamides is 1. The van der Waals surface area contributed by atoms with Gasteiger partial charge in [0.1, 0.15) is 4.90 Å². The Morgan fingerprint density at radius 1 is 1.38 bits per heavy atom. The van der Waals surface area contributed by atoms with Gasteiger partial charge in [0.2, 0.25) is 10.0 Å². The average molecular weight is 345 g/mol. The van der Waals surface area contributed by atoms with Crippen LogP contribution in [0.25, 0.3) is 0 Å². The molecule has 0 unspecified atom stereocenters. The molecule has 3 nitrogen and oxygen atoms in total. The Morgan fingerprint density at radius 2 is 1.88 bits per heavy atom. The molecule has 16 heavy (non-hydrogen) atoms. The molecule has 0 heterocycles. The predicted molar refractivity (Wildman–Crippen MR) is 69.5 cm³/mol. The maximum Gasteiger partial charge on any atom is 0.243 e. The van der Waals surface area contributed by atoms with Gasteiger partial charge in [-0.1, -0.05) is 45.2 Å². The molecule has 0 fully saturated rings. The van der Waals surface area contributed by atoms with Gasteiger partial charge in [-0.2, -0.15) is 0 Å². The first-order chi connectivity index (χ1) is 7.38. The van der Waals surface area contributed by atoms with Gasteiger partial charge >= 0.3 is 0 Å². The molecular formula is C9H8BrCl2NO2S. The minimum atomic E-state index is -3.71. The summed E-state index contributed by atoms with van der Waals surface area (Å²) in [6.45, 7) is 3.53. The van der Waals surface area contributed by atoms with Crippen LogP contribution in [0, 0.1) is 0 Å². The highest BCUT2D eigenvalue weighted by Crippen LogP contribution is 2.32. The van der Waals surface area contributed by atoms with E-state index in [0.717, 1.165) is 0 Å². The van der Waals surface area contributed by atoms with E-state index in [1.54, 1.807) is 0 Å². The normalized spacial score (nSPS) is 11.4. The third-order valence-electron chi connectivity index (χ3n) is 1.65. The Balaban J connectivity index is 3.28. The molecule has 1 aromatic carbocycles. The Morgan fingerprint density at radius 3 is 2.31 bits per heavy atom. The molecule has 0 atom stereocenters. The summed E-state index contributed by atoms with van der Waals surface area (Å²) in [5.41, 5.74) is 0. The van der Waals surface area contributed by atoms with Gasteiger partial charge in [-0.25, -0.2) is 13.1 Å². The molecule has 1 N–H and O–H groups in total. The van der Waals surface area contributed by atoms with Gasteiger partial charge in [-0.3, -0.25) is 0 Å². The third kappa shape index (κ3) is 3.21. The molecular weight excluding hydrogens is 337 g/mol. The first-order valence-electron chi connectivity index (χ1n) is 4.13. The van der Waals surface area contributed by atoms with Crippen LogP contribution in [0.3, 0.4) is 0 Å². The largest absolute Gasteiger partial charge is 0.243 e. The highest BCUT2D eigenvalue weighted by molar-refractivity contribution is 9.10. The topological polar surface area (TPSA) is 46.2 Å². The van der Waals surface area contributed by atoms with Crippen molar-refractivity contribution in [2.45, 2.75) is 4.90 Å². The zero-order valence-corrected chi connectivity index (χ0v) is 11.9. The summed E-state index contributed by atoms with van der Waals surface area (Å²) in [4.78, 5) is -0.124. The highest BCUT2D eigenvalue weighted by atomic mass is 79.9. The molecule has 0 aromatic heterocycles. The van der Waals surface area contributed by atoms with E-state index >= 15 is 0 Å². The molecule has 0 radical (unpaired) electrons. The van der Waals surface area contributed by atoms with Crippen molar-refractivity contribution in [2.24, 2.45) is 0 Å². The Kier molecular flexibility index (Phi) is 4.82. The number of halogens is 3. The average Bonchev–Trinajstić information content (AvgIpc) is 2.12. The number of hydrogen-bond acceptors (Lipinski definition) is 2. The van der Waals surface area contributed by atoms with Gasteiger partial charge in [0.25, 0.3) is 0 Å². The van der Waals surface area contributed by atoms with Gasteiger partial charge in [0, 0.05) is 11.0 Å². The van der Waals surface area contributed by atoms with E-state index in [9.17, 15) is 8.42 Å². The molecule has 7 heteroatoms. The molecule has 1 rings (SSSR count). The molecule has 0 saturated carbocycles. The number of hydrogen-bond donors (Lipinski definition) is 1. The van der Waals surface area contributed by atoms with Gasteiger partial charge in [-0.15, -0.1) is 6.58 Å². The van der Waals surface area contributed by atoms with Crippen LogP contribution in [0.4, 0.5) is 0 Å². The molecule has 0 bridgehead atoms. The van der Waals surface area contributed by atoms with Gasteiger partial charge < -0.3 is 0 Å². The summed E-state index contributed by atoms with van der Waals surface area (Å²) in [5, 5.41) is 0.131. The summed E-state index contributed by atoms with van der Waals surface area (Å²) >= 11 is 14.8. The zero-order valence-electron chi connectivity index (χ0n) is 8.00. The molecule has 0 aliphatic rings. The van der Waals surface area contributed by atoms with Crippen LogP contribution in [0.2, 0.25) is 10.0 Å². The van der Waals surface area contributed by atoms with Crippen LogP contribution in [0.5, 0.6) is 0 Å². The molecule has 88 valence electrons. The van der Waals surface area contributed by atoms with Crippen molar-refractivity contribution in [1.82, 2.24) is 4.72 Å². The second-order valence-electron chi connectivity index (χ2n) is 2.84. The summed E-state index contributed by atoms with van der Waals surface area (Å²) < 4.78 is 26.5. The first kappa shape index (κ1) is 14.0. The van der Waals surface area contributed by atoms with E-state index in [2.05, 4.69) is 27.2 Å². The maximum absolute atomic E-state index is 11.8. The minimum Gasteiger partial charge on any atom is -0.207 e. The van der Waals surface area contributed by atoms with Crippen LogP contribution in [-0.2, 0) is 10.0 Å². The molecule has 0 saturated heterocycles. The lowest BCUT2D eigenvalue weighted by molar-refractivity contribution is 0.586. The number of nitrogens with one attached hydrogen (secondary N) is 1. The quantitative estimate of drug-likeness (QED) is 0.852. The van der Waals surface area contributed by atoms with Crippen LogP contribution in [-0.4, -0.2) is 15.0 Å². The van der Waals surface area contributed by atoms with E-state index < -0.39 is 10.0 Å². The van der Waals surface area contributed by atoms with E-state index in [-0.39, 0.29) is 21.5 Å². The fourth-order valence-corrected chi connectivity index (χ4v) is 3.96. The highest BCUT2D eigenvalue weighted by Gasteiger charge is 2.21. The van der Waals surface area contributed by atoms with Gasteiger partial charge in [-0.05, 0) is 12.1 Å². The predicted octanol–water partition coefficient (Wildman–Crippen LogP) is 3.22. The van der Waals surface area contributed by atoms with E-state index in [1.807, 2.05) is 0 Å². The van der Waals surface area contributed by atoms with Crippen LogP contribution >= 0.6 is 39.1 Å². The lowest BCUT2D eigenvalue weighted by Gasteiger charge is -2.09. The summed E-state index contributed by atoms with van der Waals surface area (Å²) in [6, 6.07) is 2.94. The zero-order chi connectivity index (χ0) is 12.3. The van der Waals surface area contributed by atoms with Gasteiger partial charge in [0.15, 0.2) is 0 Å². The van der Waals surface area contributed by atoms with Gasteiger partial charge in [0.05, 0.1) is 10.0 Å². The van der Waals surface area contributed by atoms with Crippen molar-refractivity contribution in [3.8, 4) is 0 Å².